The van der Waals surface area contributed by atoms with Crippen molar-refractivity contribution in [1.82, 2.24) is 4.98 Å². The first-order valence-corrected chi connectivity index (χ1v) is 7.43. The van der Waals surface area contributed by atoms with Crippen LogP contribution in [0.25, 0.3) is 0 Å². The van der Waals surface area contributed by atoms with Gasteiger partial charge in [0, 0.05) is 6.07 Å². The van der Waals surface area contributed by atoms with E-state index < -0.39 is 36.0 Å². The predicted octanol–water partition coefficient (Wildman–Crippen LogP) is 3.96. The summed E-state index contributed by atoms with van der Waals surface area (Å²) in [6.45, 7) is 2.36. The number of rotatable bonds is 4. The minimum atomic E-state index is -2.72. The highest BCUT2D eigenvalue weighted by atomic mass is 19.3. The number of carbonyl (C=O) groups is 1. The van der Waals surface area contributed by atoms with Gasteiger partial charge in [-0.1, -0.05) is 6.07 Å². The molecule has 1 aromatic heterocycles. The van der Waals surface area contributed by atoms with Crippen LogP contribution in [-0.2, 0) is 10.2 Å². The monoisotopic (exact) mass is 354 g/mol. The maximum Gasteiger partial charge on any atom is 0.272 e. The van der Waals surface area contributed by atoms with E-state index in [-0.39, 0.29) is 17.3 Å². The molecule has 0 atom stereocenters. The average molecular weight is 354 g/mol. The van der Waals surface area contributed by atoms with Crippen LogP contribution in [0, 0.1) is 11.6 Å². The van der Waals surface area contributed by atoms with Crippen molar-refractivity contribution in [3.63, 3.8) is 0 Å². The molecule has 0 saturated heterocycles. The van der Waals surface area contributed by atoms with Crippen LogP contribution in [0.3, 0.4) is 0 Å². The van der Waals surface area contributed by atoms with E-state index in [1.54, 1.807) is 13.8 Å². The minimum Gasteiger partial charge on any atom is -0.472 e. The summed E-state index contributed by atoms with van der Waals surface area (Å²) in [6.07, 6.45) is -1.95. The van der Waals surface area contributed by atoms with Gasteiger partial charge in [-0.25, -0.2) is 22.5 Å². The Morgan fingerprint density at radius 2 is 1.92 bits per heavy atom. The average Bonchev–Trinajstić information content (AvgIpc) is 2.73. The molecule has 2 heterocycles. The number of amides is 1. The highest BCUT2D eigenvalue weighted by Gasteiger charge is 2.45. The van der Waals surface area contributed by atoms with Crippen molar-refractivity contribution in [3.8, 4) is 5.88 Å². The molecule has 0 N–H and O–H groups in total. The van der Waals surface area contributed by atoms with Gasteiger partial charge in [-0.3, -0.25) is 9.69 Å². The molecule has 0 unspecified atom stereocenters. The predicted molar refractivity (Wildman–Crippen MR) is 82.3 cm³/mol. The molecule has 3 rings (SSSR count). The number of aromatic nitrogens is 1. The number of fused-ring (bicyclic) bond motifs is 1. The van der Waals surface area contributed by atoms with Crippen LogP contribution in [0.2, 0.25) is 0 Å². The SMILES string of the molecule is CC1(C)C(=O)N(c2cc(OCC(F)F)ncc2F)c2cc(F)ccc21. The molecule has 8 heteroatoms. The molecule has 132 valence electrons. The highest BCUT2D eigenvalue weighted by molar-refractivity contribution is 6.12. The fraction of sp³-hybridized carbons (Fsp3) is 0.294. The van der Waals surface area contributed by atoms with Gasteiger partial charge in [-0.15, -0.1) is 0 Å². The van der Waals surface area contributed by atoms with Gasteiger partial charge in [0.05, 0.1) is 23.0 Å². The van der Waals surface area contributed by atoms with Gasteiger partial charge in [0.2, 0.25) is 11.8 Å². The van der Waals surface area contributed by atoms with Crippen LogP contribution >= 0.6 is 0 Å². The van der Waals surface area contributed by atoms with Crippen LogP contribution in [0.15, 0.2) is 30.5 Å². The lowest BCUT2D eigenvalue weighted by Crippen LogP contribution is -2.33. The number of halogens is 4. The molecule has 0 aliphatic carbocycles. The number of carbonyl (C=O) groups excluding carboxylic acids is 1. The number of hydrogen-bond acceptors (Lipinski definition) is 3. The Bertz CT molecular complexity index is 839. The fourth-order valence-corrected chi connectivity index (χ4v) is 2.77. The van der Waals surface area contributed by atoms with Crippen LogP contribution in [0.5, 0.6) is 5.88 Å². The molecule has 0 fully saturated rings. The zero-order valence-electron chi connectivity index (χ0n) is 13.4. The molecule has 1 aliphatic heterocycles. The fourth-order valence-electron chi connectivity index (χ4n) is 2.77. The molecule has 0 spiro atoms. The standard InChI is InChI=1S/C17H14F4N2O2/c1-17(2)10-4-3-9(18)5-12(10)23(16(17)24)13-6-15(22-7-11(13)19)25-8-14(20)21/h3-7,14H,8H2,1-2H3. The van der Waals surface area contributed by atoms with Crippen molar-refractivity contribution in [3.05, 3.63) is 47.7 Å². The van der Waals surface area contributed by atoms with Crippen molar-refractivity contribution >= 4 is 17.3 Å². The highest BCUT2D eigenvalue weighted by Crippen LogP contribution is 2.46. The molecule has 4 nitrogen and oxygen atoms in total. The first kappa shape index (κ1) is 17.2. The van der Waals surface area contributed by atoms with E-state index in [0.29, 0.717) is 5.56 Å². The van der Waals surface area contributed by atoms with E-state index in [2.05, 4.69) is 4.98 Å². The lowest BCUT2D eigenvalue weighted by atomic mass is 9.86. The summed E-state index contributed by atoms with van der Waals surface area (Å²) in [6, 6.07) is 4.86. The Morgan fingerprint density at radius 1 is 1.20 bits per heavy atom. The third-order valence-corrected chi connectivity index (χ3v) is 4.02. The van der Waals surface area contributed by atoms with Crippen LogP contribution < -0.4 is 9.64 Å². The first-order valence-electron chi connectivity index (χ1n) is 7.43. The second-order valence-electron chi connectivity index (χ2n) is 6.10. The van der Waals surface area contributed by atoms with Crippen LogP contribution in [0.4, 0.5) is 28.9 Å². The first-order chi connectivity index (χ1) is 11.7. The Morgan fingerprint density at radius 3 is 2.60 bits per heavy atom. The molecule has 2 aromatic rings. The van der Waals surface area contributed by atoms with Crippen molar-refractivity contribution in [2.75, 3.05) is 11.5 Å². The molecule has 1 amide bonds. The maximum absolute atomic E-state index is 14.3. The summed E-state index contributed by atoms with van der Waals surface area (Å²) in [5, 5.41) is 0. The molecule has 1 aromatic carbocycles. The van der Waals surface area contributed by atoms with Gasteiger partial charge in [-0.2, -0.15) is 0 Å². The van der Waals surface area contributed by atoms with Crippen molar-refractivity contribution in [2.24, 2.45) is 0 Å². The second kappa shape index (κ2) is 6.02. The molecule has 25 heavy (non-hydrogen) atoms. The molecule has 1 aliphatic rings. The van der Waals surface area contributed by atoms with Crippen LogP contribution in [0.1, 0.15) is 19.4 Å². The van der Waals surface area contributed by atoms with Gasteiger partial charge < -0.3 is 4.74 Å². The number of anilines is 2. The third-order valence-electron chi connectivity index (χ3n) is 4.02. The zero-order chi connectivity index (χ0) is 18.4. The van der Waals surface area contributed by atoms with Gasteiger partial charge >= 0.3 is 0 Å². The number of benzene rings is 1. The molecular weight excluding hydrogens is 340 g/mol. The Hall–Kier alpha value is -2.64. The Balaban J connectivity index is 2.09. The summed E-state index contributed by atoms with van der Waals surface area (Å²) in [5.41, 5.74) is -0.505. The topological polar surface area (TPSA) is 42.4 Å². The number of ether oxygens (including phenoxy) is 1. The summed E-state index contributed by atoms with van der Waals surface area (Å²) in [7, 11) is 0. The van der Waals surface area contributed by atoms with E-state index in [1.807, 2.05) is 0 Å². The van der Waals surface area contributed by atoms with Gasteiger partial charge in [-0.05, 0) is 31.5 Å². The number of nitrogens with zero attached hydrogens (tertiary/aromatic N) is 2. The van der Waals surface area contributed by atoms with E-state index in [4.69, 9.17) is 4.74 Å². The van der Waals surface area contributed by atoms with E-state index in [9.17, 15) is 22.4 Å². The Kier molecular flexibility index (Phi) is 4.14. The Labute approximate surface area is 141 Å². The van der Waals surface area contributed by atoms with E-state index in [1.165, 1.54) is 12.1 Å². The lowest BCUT2D eigenvalue weighted by Gasteiger charge is -2.21. The summed E-state index contributed by atoms with van der Waals surface area (Å²) < 4.78 is 57.3. The number of pyridine rings is 1. The van der Waals surface area contributed by atoms with Crippen molar-refractivity contribution in [1.29, 1.82) is 0 Å². The maximum atomic E-state index is 14.3. The summed E-state index contributed by atoms with van der Waals surface area (Å²) in [5.74, 6) is -2.17. The van der Waals surface area contributed by atoms with Crippen molar-refractivity contribution < 1.29 is 27.1 Å². The number of alkyl halides is 2. The van der Waals surface area contributed by atoms with Gasteiger partial charge in [0.25, 0.3) is 6.43 Å². The summed E-state index contributed by atoms with van der Waals surface area (Å²) >= 11 is 0. The quantitative estimate of drug-likeness (QED) is 0.781. The zero-order valence-corrected chi connectivity index (χ0v) is 13.4. The number of hydrogen-bond donors (Lipinski definition) is 0. The minimum absolute atomic E-state index is 0.194. The van der Waals surface area contributed by atoms with E-state index in [0.717, 1.165) is 23.2 Å². The van der Waals surface area contributed by atoms with Crippen molar-refractivity contribution in [2.45, 2.75) is 25.7 Å². The normalized spacial score (nSPS) is 15.6. The molecular formula is C17H14F4N2O2. The van der Waals surface area contributed by atoms with Crippen LogP contribution in [-0.4, -0.2) is 23.9 Å². The lowest BCUT2D eigenvalue weighted by molar-refractivity contribution is -0.121. The third kappa shape index (κ3) is 2.92. The smallest absolute Gasteiger partial charge is 0.272 e. The molecule has 0 saturated carbocycles. The largest absolute Gasteiger partial charge is 0.472 e. The van der Waals surface area contributed by atoms with Gasteiger partial charge in [0.15, 0.2) is 12.4 Å². The van der Waals surface area contributed by atoms with Gasteiger partial charge in [0.1, 0.15) is 5.82 Å². The molecule has 0 radical (unpaired) electrons. The second-order valence-corrected chi connectivity index (χ2v) is 6.10. The summed E-state index contributed by atoms with van der Waals surface area (Å²) in [4.78, 5) is 17.4. The van der Waals surface area contributed by atoms with E-state index >= 15 is 0 Å². The molecule has 0 bridgehead atoms.